The molecule has 2 atom stereocenters. The van der Waals surface area contributed by atoms with E-state index in [0.29, 0.717) is 11.1 Å². The Bertz CT molecular complexity index is 1050. The number of fused-ring (bicyclic) bond motifs is 2. The smallest absolute Gasteiger partial charge is 0.330 e. The van der Waals surface area contributed by atoms with Crippen LogP contribution in [0.4, 0.5) is 8.78 Å². The summed E-state index contributed by atoms with van der Waals surface area (Å²) in [6, 6.07) is 7.58. The number of ether oxygens (including phenoxy) is 1. The lowest BCUT2D eigenvalue weighted by Gasteiger charge is -2.19. The summed E-state index contributed by atoms with van der Waals surface area (Å²) < 4.78 is 36.7. The monoisotopic (exact) mass is 360 g/mol. The van der Waals surface area contributed by atoms with Crippen LogP contribution < -0.4 is 10.4 Å². The lowest BCUT2D eigenvalue weighted by molar-refractivity contribution is 0.108. The summed E-state index contributed by atoms with van der Waals surface area (Å²) in [6.07, 6.45) is -0.810. The minimum atomic E-state index is -0.810. The average molecular weight is 360 g/mol. The zero-order valence-electron chi connectivity index (χ0n) is 14.3. The van der Waals surface area contributed by atoms with Gasteiger partial charge in [0.1, 0.15) is 35.0 Å². The number of aliphatic hydroxyl groups is 1. The molecule has 0 spiro atoms. The molecule has 2 aromatic carbocycles. The molecule has 1 aromatic heterocycles. The van der Waals surface area contributed by atoms with Crippen LogP contribution in [-0.2, 0) is 0 Å². The fraction of sp³-hybridized carbons (Fsp3) is 0.316. The molecule has 0 amide bonds. The molecule has 1 N–H and O–H groups in total. The van der Waals surface area contributed by atoms with Crippen molar-refractivity contribution in [1.29, 1.82) is 0 Å². The normalized spacial score (nSPS) is 19.2. The van der Waals surface area contributed by atoms with Crippen LogP contribution in [0.1, 0.15) is 31.5 Å². The van der Waals surface area contributed by atoms with E-state index in [1.807, 2.05) is 13.8 Å². The van der Waals surface area contributed by atoms with Gasteiger partial charge in [0.15, 0.2) is 0 Å². The molecule has 26 heavy (non-hydrogen) atoms. The van der Waals surface area contributed by atoms with Gasteiger partial charge in [-0.2, -0.15) is 0 Å². The predicted molar refractivity (Wildman–Crippen MR) is 92.6 cm³/mol. The molecule has 0 bridgehead atoms. The number of rotatable bonds is 3. The molecule has 5 nitrogen and oxygen atoms in total. The molecule has 1 aliphatic heterocycles. The third kappa shape index (κ3) is 2.27. The Hall–Kier alpha value is -2.67. The van der Waals surface area contributed by atoms with Gasteiger partial charge < -0.3 is 9.84 Å². The average Bonchev–Trinajstić information content (AvgIpc) is 3.09. The number of halogens is 2. The molecule has 0 aliphatic carbocycles. The van der Waals surface area contributed by atoms with E-state index in [0.717, 1.165) is 0 Å². The fourth-order valence-electron chi connectivity index (χ4n) is 3.73. The van der Waals surface area contributed by atoms with Crippen molar-refractivity contribution in [2.45, 2.75) is 32.0 Å². The number of aliphatic hydroxyl groups excluding tert-OH is 1. The van der Waals surface area contributed by atoms with Gasteiger partial charge in [0, 0.05) is 17.7 Å². The number of imidazole rings is 1. The molecule has 4 rings (SSSR count). The first kappa shape index (κ1) is 16.8. The van der Waals surface area contributed by atoms with E-state index in [4.69, 9.17) is 4.74 Å². The highest BCUT2D eigenvalue weighted by molar-refractivity contribution is 5.77. The maximum absolute atomic E-state index is 14.7. The van der Waals surface area contributed by atoms with Gasteiger partial charge in [-0.3, -0.25) is 9.13 Å². The molecule has 0 radical (unpaired) electrons. The lowest BCUT2D eigenvalue weighted by Crippen LogP contribution is -2.35. The molecule has 1 aliphatic rings. The SMILES string of the molecule is CC(C)n1c(=O)n(C2c3ccc(F)cc3OC2CO)c2c(F)cccc21. The fourth-order valence-corrected chi connectivity index (χ4v) is 3.73. The van der Waals surface area contributed by atoms with Crippen molar-refractivity contribution in [3.63, 3.8) is 0 Å². The number of hydrogen-bond donors (Lipinski definition) is 1. The van der Waals surface area contributed by atoms with Crippen molar-refractivity contribution >= 4 is 11.0 Å². The number of benzene rings is 2. The maximum Gasteiger partial charge on any atom is 0.330 e. The summed E-state index contributed by atoms with van der Waals surface area (Å²) in [4.78, 5) is 13.2. The van der Waals surface area contributed by atoms with Gasteiger partial charge in [0.25, 0.3) is 0 Å². The van der Waals surface area contributed by atoms with Crippen LogP contribution in [-0.4, -0.2) is 27.0 Å². The quantitative estimate of drug-likeness (QED) is 0.781. The Labute approximate surface area is 148 Å². The summed E-state index contributed by atoms with van der Waals surface area (Å²) in [7, 11) is 0. The van der Waals surface area contributed by atoms with E-state index < -0.39 is 36.1 Å². The molecule has 0 saturated carbocycles. The van der Waals surface area contributed by atoms with Crippen molar-refractivity contribution < 1.29 is 18.6 Å². The Kier molecular flexibility index (Phi) is 3.84. The summed E-state index contributed by atoms with van der Waals surface area (Å²) >= 11 is 0. The van der Waals surface area contributed by atoms with E-state index in [1.165, 1.54) is 33.4 Å². The molecule has 0 fully saturated rings. The van der Waals surface area contributed by atoms with Crippen LogP contribution in [0.3, 0.4) is 0 Å². The Balaban J connectivity index is 2.06. The third-order valence-corrected chi connectivity index (χ3v) is 4.78. The Morgan fingerprint density at radius 1 is 1.23 bits per heavy atom. The molecule has 136 valence electrons. The highest BCUT2D eigenvalue weighted by Crippen LogP contribution is 2.40. The van der Waals surface area contributed by atoms with E-state index in [2.05, 4.69) is 0 Å². The van der Waals surface area contributed by atoms with Gasteiger partial charge in [-0.05, 0) is 32.0 Å². The molecule has 2 unspecified atom stereocenters. The molecule has 0 saturated heterocycles. The first-order valence-electron chi connectivity index (χ1n) is 8.42. The van der Waals surface area contributed by atoms with Gasteiger partial charge in [-0.1, -0.05) is 12.1 Å². The molecular weight excluding hydrogens is 342 g/mol. The van der Waals surface area contributed by atoms with Crippen LogP contribution >= 0.6 is 0 Å². The van der Waals surface area contributed by atoms with E-state index in [1.54, 1.807) is 12.1 Å². The van der Waals surface area contributed by atoms with Gasteiger partial charge in [0.2, 0.25) is 0 Å². The maximum atomic E-state index is 14.7. The van der Waals surface area contributed by atoms with Crippen molar-refractivity contribution in [2.24, 2.45) is 0 Å². The van der Waals surface area contributed by atoms with Gasteiger partial charge >= 0.3 is 5.69 Å². The number of hydrogen-bond acceptors (Lipinski definition) is 3. The first-order valence-corrected chi connectivity index (χ1v) is 8.42. The second-order valence-corrected chi connectivity index (χ2v) is 6.69. The second kappa shape index (κ2) is 5.95. The number of aromatic nitrogens is 2. The van der Waals surface area contributed by atoms with Crippen molar-refractivity contribution in [2.75, 3.05) is 6.61 Å². The molecule has 3 aromatic rings. The summed E-state index contributed by atoms with van der Waals surface area (Å²) in [5.41, 5.74) is 0.760. The van der Waals surface area contributed by atoms with Gasteiger partial charge in [-0.15, -0.1) is 0 Å². The van der Waals surface area contributed by atoms with E-state index in [9.17, 15) is 18.7 Å². The van der Waals surface area contributed by atoms with E-state index >= 15 is 0 Å². The highest BCUT2D eigenvalue weighted by atomic mass is 19.1. The van der Waals surface area contributed by atoms with Crippen LogP contribution in [0.5, 0.6) is 5.75 Å². The summed E-state index contributed by atoms with van der Waals surface area (Å²) in [5, 5.41) is 9.75. The minimum absolute atomic E-state index is 0.149. The highest BCUT2D eigenvalue weighted by Gasteiger charge is 2.39. The van der Waals surface area contributed by atoms with Gasteiger partial charge in [0.05, 0.1) is 12.1 Å². The predicted octanol–water partition coefficient (Wildman–Crippen LogP) is 3.00. The molecule has 7 heteroatoms. The Morgan fingerprint density at radius 3 is 2.69 bits per heavy atom. The Morgan fingerprint density at radius 2 is 2.00 bits per heavy atom. The van der Waals surface area contributed by atoms with Crippen LogP contribution in [0.15, 0.2) is 41.2 Å². The standard InChI is InChI=1S/C19H18F2N2O3/c1-10(2)22-14-5-3-4-13(21)18(14)23(19(22)25)17-12-7-6-11(20)8-15(12)26-16(17)9-24/h3-8,10,16-17,24H,9H2,1-2H3. The zero-order chi connectivity index (χ0) is 18.6. The van der Waals surface area contributed by atoms with Crippen LogP contribution in [0.2, 0.25) is 0 Å². The minimum Gasteiger partial charge on any atom is -0.485 e. The van der Waals surface area contributed by atoms with Crippen molar-refractivity contribution in [1.82, 2.24) is 9.13 Å². The topological polar surface area (TPSA) is 56.4 Å². The molecular formula is C19H18F2N2O3. The molecule has 2 heterocycles. The van der Waals surface area contributed by atoms with Crippen LogP contribution in [0.25, 0.3) is 11.0 Å². The number of para-hydroxylation sites is 1. The van der Waals surface area contributed by atoms with Crippen LogP contribution in [0, 0.1) is 11.6 Å². The number of nitrogens with zero attached hydrogens (tertiary/aromatic N) is 2. The van der Waals surface area contributed by atoms with Crippen molar-refractivity contribution in [3.8, 4) is 5.75 Å². The summed E-state index contributed by atoms with van der Waals surface area (Å²) in [6.45, 7) is 3.29. The summed E-state index contributed by atoms with van der Waals surface area (Å²) in [5.74, 6) is -0.766. The van der Waals surface area contributed by atoms with Gasteiger partial charge in [-0.25, -0.2) is 13.6 Å². The zero-order valence-corrected chi connectivity index (χ0v) is 14.3. The first-order chi connectivity index (χ1) is 12.4. The largest absolute Gasteiger partial charge is 0.485 e. The third-order valence-electron chi connectivity index (χ3n) is 4.78. The van der Waals surface area contributed by atoms with E-state index in [-0.39, 0.29) is 17.3 Å². The lowest BCUT2D eigenvalue weighted by atomic mass is 10.0. The second-order valence-electron chi connectivity index (χ2n) is 6.69. The van der Waals surface area contributed by atoms with Crippen molar-refractivity contribution in [3.05, 3.63) is 64.1 Å².